The van der Waals surface area contributed by atoms with Crippen molar-refractivity contribution >= 4 is 11.3 Å². The lowest BCUT2D eigenvalue weighted by molar-refractivity contribution is 0.289. The van der Waals surface area contributed by atoms with Crippen molar-refractivity contribution < 1.29 is 9.13 Å². The summed E-state index contributed by atoms with van der Waals surface area (Å²) in [5, 5.41) is 2.81. The molecule has 0 aliphatic rings. The van der Waals surface area contributed by atoms with Crippen LogP contribution in [0.4, 0.5) is 4.39 Å². The van der Waals surface area contributed by atoms with Crippen LogP contribution < -0.4 is 4.74 Å². The Bertz CT molecular complexity index is 496. The highest BCUT2D eigenvalue weighted by molar-refractivity contribution is 7.09. The van der Waals surface area contributed by atoms with Crippen molar-refractivity contribution in [3.05, 3.63) is 45.7 Å². The van der Waals surface area contributed by atoms with Gasteiger partial charge in [0.1, 0.15) is 11.6 Å². The van der Waals surface area contributed by atoms with Crippen LogP contribution >= 0.6 is 11.3 Å². The minimum Gasteiger partial charge on any atom is -0.483 e. The fourth-order valence-corrected chi connectivity index (χ4v) is 2.01. The number of hydrogen-bond donors (Lipinski definition) is 0. The van der Waals surface area contributed by atoms with Gasteiger partial charge in [-0.2, -0.15) is 0 Å². The van der Waals surface area contributed by atoms with E-state index in [9.17, 15) is 4.39 Å². The predicted molar refractivity (Wildman–Crippen MR) is 62.3 cm³/mol. The van der Waals surface area contributed by atoms with Gasteiger partial charge >= 0.3 is 0 Å². The van der Waals surface area contributed by atoms with Gasteiger partial charge < -0.3 is 4.74 Å². The van der Waals surface area contributed by atoms with E-state index in [1.807, 2.05) is 19.2 Å². The van der Waals surface area contributed by atoms with E-state index in [4.69, 9.17) is 4.74 Å². The number of ether oxygens (including phenoxy) is 1. The molecular weight excluding hydrogens is 225 g/mol. The van der Waals surface area contributed by atoms with Gasteiger partial charge in [-0.1, -0.05) is 6.07 Å². The van der Waals surface area contributed by atoms with Gasteiger partial charge in [-0.05, 0) is 31.5 Å². The van der Waals surface area contributed by atoms with Gasteiger partial charge in [0.15, 0.2) is 11.6 Å². The highest BCUT2D eigenvalue weighted by Crippen LogP contribution is 2.20. The summed E-state index contributed by atoms with van der Waals surface area (Å²) in [6.45, 7) is 4.14. The first-order valence-electron chi connectivity index (χ1n) is 4.95. The van der Waals surface area contributed by atoms with Crippen molar-refractivity contribution in [1.82, 2.24) is 4.98 Å². The van der Waals surface area contributed by atoms with E-state index in [-0.39, 0.29) is 11.6 Å². The van der Waals surface area contributed by atoms with Gasteiger partial charge in [0.25, 0.3) is 0 Å². The Kier molecular flexibility index (Phi) is 3.19. The number of aromatic nitrogens is 1. The first-order chi connectivity index (χ1) is 7.65. The average molecular weight is 237 g/mol. The van der Waals surface area contributed by atoms with Crippen LogP contribution in [-0.4, -0.2) is 4.98 Å². The molecule has 2 nitrogen and oxygen atoms in total. The zero-order valence-electron chi connectivity index (χ0n) is 9.16. The molecule has 0 amide bonds. The summed E-state index contributed by atoms with van der Waals surface area (Å²) in [6.07, 6.45) is 0. The maximum Gasteiger partial charge on any atom is 0.165 e. The summed E-state index contributed by atoms with van der Waals surface area (Å²) in [5.74, 6) is -0.0493. The van der Waals surface area contributed by atoms with E-state index in [1.165, 1.54) is 17.4 Å². The monoisotopic (exact) mass is 237 g/mol. The number of halogens is 1. The third-order valence-corrected chi connectivity index (χ3v) is 3.04. The van der Waals surface area contributed by atoms with E-state index in [0.29, 0.717) is 6.61 Å². The van der Waals surface area contributed by atoms with Crippen molar-refractivity contribution in [3.8, 4) is 5.75 Å². The second kappa shape index (κ2) is 4.61. The number of hydrogen-bond acceptors (Lipinski definition) is 3. The molecule has 0 fully saturated rings. The van der Waals surface area contributed by atoms with Crippen molar-refractivity contribution in [2.45, 2.75) is 20.5 Å². The van der Waals surface area contributed by atoms with E-state index < -0.39 is 0 Å². The Hall–Kier alpha value is -1.42. The summed E-state index contributed by atoms with van der Waals surface area (Å²) in [7, 11) is 0. The Labute approximate surface area is 97.7 Å². The fourth-order valence-electron chi connectivity index (χ4n) is 1.33. The van der Waals surface area contributed by atoms with Gasteiger partial charge in [0.2, 0.25) is 0 Å². The van der Waals surface area contributed by atoms with Gasteiger partial charge in [0, 0.05) is 11.1 Å². The molecule has 2 rings (SSSR count). The molecule has 0 saturated heterocycles. The lowest BCUT2D eigenvalue weighted by Gasteiger charge is -2.05. The highest BCUT2D eigenvalue weighted by atomic mass is 32.1. The second-order valence-corrected chi connectivity index (χ2v) is 4.55. The van der Waals surface area contributed by atoms with Gasteiger partial charge in [-0.15, -0.1) is 11.3 Å². The molecule has 0 aliphatic heterocycles. The fraction of sp³-hybridized carbons (Fsp3) is 0.250. The van der Waals surface area contributed by atoms with Crippen LogP contribution in [0.3, 0.4) is 0 Å². The molecule has 0 radical (unpaired) electrons. The molecule has 0 spiro atoms. The first kappa shape index (κ1) is 11.1. The molecule has 2 aromatic rings. The van der Waals surface area contributed by atoms with Crippen LogP contribution in [-0.2, 0) is 6.61 Å². The number of nitrogens with zero attached hydrogens (tertiary/aromatic N) is 1. The van der Waals surface area contributed by atoms with Crippen LogP contribution in [0.25, 0.3) is 0 Å². The topological polar surface area (TPSA) is 22.1 Å². The third-order valence-electron chi connectivity index (χ3n) is 2.10. The second-order valence-electron chi connectivity index (χ2n) is 3.61. The largest absolute Gasteiger partial charge is 0.483 e. The summed E-state index contributed by atoms with van der Waals surface area (Å²) in [4.78, 5) is 4.25. The Balaban J connectivity index is 2.07. The van der Waals surface area contributed by atoms with Gasteiger partial charge in [0.05, 0.1) is 0 Å². The quantitative estimate of drug-likeness (QED) is 0.815. The Morgan fingerprint density at radius 3 is 2.88 bits per heavy atom. The molecule has 0 aliphatic carbocycles. The minimum absolute atomic E-state index is 0.285. The number of thiazole rings is 1. The van der Waals surface area contributed by atoms with Crippen molar-refractivity contribution in [3.63, 3.8) is 0 Å². The minimum atomic E-state index is -0.334. The lowest BCUT2D eigenvalue weighted by atomic mass is 10.2. The Morgan fingerprint density at radius 1 is 1.38 bits per heavy atom. The summed E-state index contributed by atoms with van der Waals surface area (Å²) in [6, 6.07) is 4.82. The van der Waals surface area contributed by atoms with Crippen LogP contribution in [0, 0.1) is 19.7 Å². The molecule has 0 bridgehead atoms. The normalized spacial score (nSPS) is 10.4. The van der Waals surface area contributed by atoms with Crippen LogP contribution in [0.2, 0.25) is 0 Å². The summed E-state index contributed by atoms with van der Waals surface area (Å²) < 4.78 is 18.7. The number of rotatable bonds is 3. The molecule has 16 heavy (non-hydrogen) atoms. The standard InChI is InChI=1S/C12H12FNOS/c1-8-3-4-10(13)11(5-8)15-6-12-14-9(2)7-16-12/h3-5,7H,6H2,1-2H3. The zero-order valence-corrected chi connectivity index (χ0v) is 9.97. The smallest absolute Gasteiger partial charge is 0.165 e. The summed E-state index contributed by atoms with van der Waals surface area (Å²) >= 11 is 1.52. The molecule has 0 saturated carbocycles. The van der Waals surface area contributed by atoms with Crippen molar-refractivity contribution in [2.24, 2.45) is 0 Å². The molecule has 1 heterocycles. The lowest BCUT2D eigenvalue weighted by Crippen LogP contribution is -1.97. The number of benzene rings is 1. The molecule has 4 heteroatoms. The van der Waals surface area contributed by atoms with Crippen LogP contribution in [0.5, 0.6) is 5.75 Å². The maximum atomic E-state index is 13.3. The van der Waals surface area contributed by atoms with Crippen LogP contribution in [0.15, 0.2) is 23.6 Å². The SMILES string of the molecule is Cc1ccc(F)c(OCc2nc(C)cs2)c1. The predicted octanol–water partition coefficient (Wildman–Crippen LogP) is 3.48. The molecule has 1 aromatic heterocycles. The molecule has 0 unspecified atom stereocenters. The van der Waals surface area contributed by atoms with E-state index in [2.05, 4.69) is 4.98 Å². The molecule has 84 valence electrons. The Morgan fingerprint density at radius 2 is 2.19 bits per heavy atom. The molecule has 0 N–H and O–H groups in total. The average Bonchev–Trinajstić information content (AvgIpc) is 2.66. The highest BCUT2D eigenvalue weighted by Gasteiger charge is 2.05. The third kappa shape index (κ3) is 2.58. The molecular formula is C12H12FNOS. The maximum absolute atomic E-state index is 13.3. The van der Waals surface area contributed by atoms with Gasteiger partial charge in [-0.3, -0.25) is 0 Å². The molecule has 0 atom stereocenters. The van der Waals surface area contributed by atoms with E-state index >= 15 is 0 Å². The zero-order chi connectivity index (χ0) is 11.5. The van der Waals surface area contributed by atoms with E-state index in [1.54, 1.807) is 12.1 Å². The van der Waals surface area contributed by atoms with Crippen LogP contribution in [0.1, 0.15) is 16.3 Å². The van der Waals surface area contributed by atoms with E-state index in [0.717, 1.165) is 16.3 Å². The molecule has 1 aromatic carbocycles. The number of aryl methyl sites for hydroxylation is 2. The summed E-state index contributed by atoms with van der Waals surface area (Å²) in [5.41, 5.74) is 1.94. The van der Waals surface area contributed by atoms with Gasteiger partial charge in [-0.25, -0.2) is 9.37 Å². The first-order valence-corrected chi connectivity index (χ1v) is 5.83. The van der Waals surface area contributed by atoms with Crippen molar-refractivity contribution in [2.75, 3.05) is 0 Å². The van der Waals surface area contributed by atoms with Crippen molar-refractivity contribution in [1.29, 1.82) is 0 Å².